The van der Waals surface area contributed by atoms with E-state index < -0.39 is 10.0 Å². The molecule has 2 atom stereocenters. The molecule has 1 aromatic rings. The third kappa shape index (κ3) is 4.88. The number of rotatable bonds is 6. The number of sulfonamides is 1. The van der Waals surface area contributed by atoms with Gasteiger partial charge in [-0.25, -0.2) is 17.8 Å². The first kappa shape index (κ1) is 18.6. The molecule has 0 spiro atoms. The van der Waals surface area contributed by atoms with Crippen molar-refractivity contribution < 1.29 is 13.2 Å². The van der Waals surface area contributed by atoms with Crippen molar-refractivity contribution in [1.29, 1.82) is 0 Å². The van der Waals surface area contributed by atoms with Crippen LogP contribution in [0, 0.1) is 12.8 Å². The largest absolute Gasteiger partial charge is 0.339 e. The summed E-state index contributed by atoms with van der Waals surface area (Å²) in [6.07, 6.45) is 2.86. The maximum Gasteiger partial charge on any atom is 0.267 e. The molecule has 134 valence electrons. The lowest BCUT2D eigenvalue weighted by atomic mass is 9.99. The summed E-state index contributed by atoms with van der Waals surface area (Å²) in [5.41, 5.74) is 0.327. The minimum absolute atomic E-state index is 0.0795. The number of carbonyl (C=O) groups excluding carboxylic acids is 1. The molecular formula is C15H24N4O4S. The molecule has 0 aromatic carbocycles. The number of hydrogen-bond donors (Lipinski definition) is 1. The lowest BCUT2D eigenvalue weighted by molar-refractivity contribution is -0.131. The highest BCUT2D eigenvalue weighted by atomic mass is 32.2. The Kier molecular flexibility index (Phi) is 5.76. The van der Waals surface area contributed by atoms with E-state index >= 15 is 0 Å². The summed E-state index contributed by atoms with van der Waals surface area (Å²) in [6.45, 7) is 4.44. The van der Waals surface area contributed by atoms with Gasteiger partial charge in [0.1, 0.15) is 6.54 Å². The summed E-state index contributed by atoms with van der Waals surface area (Å²) in [7, 11) is -3.33. The molecule has 2 heterocycles. The Morgan fingerprint density at radius 1 is 1.38 bits per heavy atom. The van der Waals surface area contributed by atoms with Crippen LogP contribution in [-0.4, -0.2) is 54.4 Å². The van der Waals surface area contributed by atoms with E-state index in [0.717, 1.165) is 23.8 Å². The number of amides is 1. The fourth-order valence-corrected chi connectivity index (χ4v) is 3.86. The SMILES string of the molecule is CCC[C@H]1CN(C(=O)Cn2nc(C)ccc2=O)C[C@@H]1NS(C)(=O)=O. The topological polar surface area (TPSA) is 101 Å². The zero-order valence-corrected chi connectivity index (χ0v) is 15.0. The molecule has 1 aliphatic heterocycles. The van der Waals surface area contributed by atoms with Crippen molar-refractivity contribution in [2.24, 2.45) is 5.92 Å². The third-order valence-electron chi connectivity index (χ3n) is 4.10. The molecule has 24 heavy (non-hydrogen) atoms. The number of nitrogens with zero attached hydrogens (tertiary/aromatic N) is 3. The number of hydrogen-bond acceptors (Lipinski definition) is 5. The molecule has 1 amide bonds. The van der Waals surface area contributed by atoms with Crippen molar-refractivity contribution in [2.45, 2.75) is 39.3 Å². The van der Waals surface area contributed by atoms with E-state index in [0.29, 0.717) is 18.8 Å². The molecule has 0 aliphatic carbocycles. The molecule has 0 bridgehead atoms. The minimum Gasteiger partial charge on any atom is -0.339 e. The standard InChI is InChI=1S/C15H24N4O4S/c1-4-5-12-8-18(9-13(12)17-24(3,22)23)15(21)10-19-14(20)7-6-11(2)16-19/h6-7,12-13,17H,4-5,8-10H2,1-3H3/t12-,13-/m0/s1. The van der Waals surface area contributed by atoms with Gasteiger partial charge in [-0.05, 0) is 25.3 Å². The Labute approximate surface area is 141 Å². The molecule has 0 radical (unpaired) electrons. The molecule has 0 saturated carbocycles. The van der Waals surface area contributed by atoms with Gasteiger partial charge in [-0.2, -0.15) is 5.10 Å². The maximum absolute atomic E-state index is 12.5. The van der Waals surface area contributed by atoms with Crippen LogP contribution >= 0.6 is 0 Å². The Hall–Kier alpha value is -1.74. The molecule has 8 nitrogen and oxygen atoms in total. The van der Waals surface area contributed by atoms with Crippen LogP contribution in [0.3, 0.4) is 0 Å². The molecule has 2 rings (SSSR count). The minimum atomic E-state index is -3.33. The predicted molar refractivity (Wildman–Crippen MR) is 90.0 cm³/mol. The van der Waals surface area contributed by atoms with Crippen molar-refractivity contribution in [1.82, 2.24) is 19.4 Å². The highest BCUT2D eigenvalue weighted by Crippen LogP contribution is 2.22. The number of nitrogens with one attached hydrogen (secondary N) is 1. The third-order valence-corrected chi connectivity index (χ3v) is 4.83. The van der Waals surface area contributed by atoms with E-state index in [4.69, 9.17) is 0 Å². The van der Waals surface area contributed by atoms with Gasteiger partial charge in [0.2, 0.25) is 15.9 Å². The number of likely N-dealkylation sites (tertiary alicyclic amines) is 1. The fourth-order valence-electron chi connectivity index (χ4n) is 3.04. The zero-order valence-electron chi connectivity index (χ0n) is 14.2. The normalized spacial score (nSPS) is 21.2. The average molecular weight is 356 g/mol. The Morgan fingerprint density at radius 2 is 2.08 bits per heavy atom. The van der Waals surface area contributed by atoms with Gasteiger partial charge < -0.3 is 4.90 Å². The van der Waals surface area contributed by atoms with Crippen LogP contribution in [0.1, 0.15) is 25.5 Å². The highest BCUT2D eigenvalue weighted by molar-refractivity contribution is 7.88. The lowest BCUT2D eigenvalue weighted by Crippen LogP contribution is -2.41. The Morgan fingerprint density at radius 3 is 2.71 bits per heavy atom. The van der Waals surface area contributed by atoms with E-state index in [1.54, 1.807) is 17.9 Å². The predicted octanol–water partition coefficient (Wildman–Crippen LogP) is -0.272. The number of aryl methyl sites for hydroxylation is 1. The van der Waals surface area contributed by atoms with Crippen LogP contribution in [0.4, 0.5) is 0 Å². The quantitative estimate of drug-likeness (QED) is 0.756. The van der Waals surface area contributed by atoms with Crippen LogP contribution in [0.2, 0.25) is 0 Å². The maximum atomic E-state index is 12.5. The summed E-state index contributed by atoms with van der Waals surface area (Å²) in [6, 6.07) is 2.70. The Bertz CT molecular complexity index is 759. The van der Waals surface area contributed by atoms with Crippen molar-refractivity contribution in [3.05, 3.63) is 28.2 Å². The first-order chi connectivity index (χ1) is 11.2. The van der Waals surface area contributed by atoms with E-state index in [2.05, 4.69) is 9.82 Å². The second kappa shape index (κ2) is 7.43. The lowest BCUT2D eigenvalue weighted by Gasteiger charge is -2.17. The number of aromatic nitrogens is 2. The molecular weight excluding hydrogens is 332 g/mol. The van der Waals surface area contributed by atoms with Crippen LogP contribution < -0.4 is 10.3 Å². The average Bonchev–Trinajstić information content (AvgIpc) is 2.84. The van der Waals surface area contributed by atoms with Crippen molar-refractivity contribution >= 4 is 15.9 Å². The highest BCUT2D eigenvalue weighted by Gasteiger charge is 2.36. The van der Waals surface area contributed by atoms with Gasteiger partial charge >= 0.3 is 0 Å². The summed E-state index contributed by atoms with van der Waals surface area (Å²) < 4.78 is 26.8. The first-order valence-electron chi connectivity index (χ1n) is 7.99. The van der Waals surface area contributed by atoms with Crippen LogP contribution in [0.5, 0.6) is 0 Å². The molecule has 1 N–H and O–H groups in total. The fraction of sp³-hybridized carbons (Fsp3) is 0.667. The van der Waals surface area contributed by atoms with Crippen molar-refractivity contribution in [2.75, 3.05) is 19.3 Å². The van der Waals surface area contributed by atoms with Crippen LogP contribution in [0.25, 0.3) is 0 Å². The van der Waals surface area contributed by atoms with Crippen molar-refractivity contribution in [3.8, 4) is 0 Å². The van der Waals surface area contributed by atoms with E-state index in [1.807, 2.05) is 6.92 Å². The monoisotopic (exact) mass is 356 g/mol. The van der Waals surface area contributed by atoms with Gasteiger partial charge in [-0.1, -0.05) is 13.3 Å². The second-order valence-corrected chi connectivity index (χ2v) is 8.09. The molecule has 0 unspecified atom stereocenters. The van der Waals surface area contributed by atoms with E-state index in [9.17, 15) is 18.0 Å². The first-order valence-corrected chi connectivity index (χ1v) is 9.88. The summed E-state index contributed by atoms with van der Waals surface area (Å²) in [5, 5.41) is 4.06. The van der Waals surface area contributed by atoms with E-state index in [1.165, 1.54) is 6.07 Å². The van der Waals surface area contributed by atoms with Gasteiger partial charge in [-0.3, -0.25) is 9.59 Å². The molecule has 1 saturated heterocycles. The van der Waals surface area contributed by atoms with Gasteiger partial charge in [0, 0.05) is 25.2 Å². The molecule has 1 aliphatic rings. The molecule has 9 heteroatoms. The Balaban J connectivity index is 2.09. The van der Waals surface area contributed by atoms with Gasteiger partial charge in [0.05, 0.1) is 11.9 Å². The van der Waals surface area contributed by atoms with Crippen LogP contribution in [-0.2, 0) is 21.4 Å². The summed E-state index contributed by atoms with van der Waals surface area (Å²) in [4.78, 5) is 25.9. The van der Waals surface area contributed by atoms with Gasteiger partial charge in [-0.15, -0.1) is 0 Å². The van der Waals surface area contributed by atoms with Crippen molar-refractivity contribution in [3.63, 3.8) is 0 Å². The second-order valence-electron chi connectivity index (χ2n) is 6.31. The summed E-state index contributed by atoms with van der Waals surface area (Å²) in [5.74, 6) is -0.148. The smallest absolute Gasteiger partial charge is 0.267 e. The van der Waals surface area contributed by atoms with Gasteiger partial charge in [0.25, 0.3) is 5.56 Å². The zero-order chi connectivity index (χ0) is 17.9. The van der Waals surface area contributed by atoms with E-state index in [-0.39, 0.29) is 30.0 Å². The molecule has 1 fully saturated rings. The number of carbonyl (C=O) groups is 1. The van der Waals surface area contributed by atoms with Gasteiger partial charge in [0.15, 0.2) is 0 Å². The van der Waals surface area contributed by atoms with Crippen LogP contribution in [0.15, 0.2) is 16.9 Å². The molecule has 1 aromatic heterocycles. The summed E-state index contributed by atoms with van der Waals surface area (Å²) >= 11 is 0.